The molecule has 20 heavy (non-hydrogen) atoms. The Bertz CT molecular complexity index is 348. The molecule has 0 aromatic rings. The summed E-state index contributed by atoms with van der Waals surface area (Å²) in [7, 11) is 0. The van der Waals surface area contributed by atoms with Crippen molar-refractivity contribution in [1.82, 2.24) is 10.2 Å². The monoisotopic (exact) mass is 286 g/mol. The molecule has 0 saturated carbocycles. The fourth-order valence-electron chi connectivity index (χ4n) is 2.80. The summed E-state index contributed by atoms with van der Waals surface area (Å²) in [4.78, 5) is 25.4. The van der Waals surface area contributed by atoms with Gasteiger partial charge in [-0.05, 0) is 33.1 Å². The Hall–Kier alpha value is -1.30. The molecule has 1 heterocycles. The summed E-state index contributed by atoms with van der Waals surface area (Å²) < 4.78 is 5.26. The molecule has 6 nitrogen and oxygen atoms in total. The van der Waals surface area contributed by atoms with E-state index in [2.05, 4.69) is 5.32 Å². The summed E-state index contributed by atoms with van der Waals surface area (Å²) in [6.07, 6.45) is 2.50. The highest BCUT2D eigenvalue weighted by molar-refractivity contribution is 5.87. The highest BCUT2D eigenvalue weighted by Crippen LogP contribution is 2.34. The number of urea groups is 1. The molecule has 2 amide bonds. The van der Waals surface area contributed by atoms with Crippen LogP contribution in [0.4, 0.5) is 4.79 Å². The largest absolute Gasteiger partial charge is 0.479 e. The minimum Gasteiger partial charge on any atom is -0.479 e. The van der Waals surface area contributed by atoms with Crippen molar-refractivity contribution < 1.29 is 19.4 Å². The molecule has 2 unspecified atom stereocenters. The van der Waals surface area contributed by atoms with Gasteiger partial charge in [-0.3, -0.25) is 0 Å². The molecular formula is C14H26N2O4. The Balaban J connectivity index is 2.72. The molecule has 116 valence electrons. The van der Waals surface area contributed by atoms with Crippen LogP contribution in [0, 0.1) is 0 Å². The number of carbonyl (C=O) groups is 2. The van der Waals surface area contributed by atoms with E-state index < -0.39 is 11.5 Å². The molecule has 2 N–H and O–H groups in total. The van der Waals surface area contributed by atoms with Crippen LogP contribution in [0.3, 0.4) is 0 Å². The van der Waals surface area contributed by atoms with Crippen molar-refractivity contribution in [3.63, 3.8) is 0 Å². The maximum Gasteiger partial charge on any atom is 0.329 e. The van der Waals surface area contributed by atoms with Crippen LogP contribution in [0.25, 0.3) is 0 Å². The number of likely N-dealkylation sites (tertiary alicyclic amines) is 1. The second-order valence-electron chi connectivity index (χ2n) is 5.35. The van der Waals surface area contributed by atoms with E-state index in [-0.39, 0.29) is 12.1 Å². The minimum atomic E-state index is -1.04. The Labute approximate surface area is 120 Å². The molecule has 0 aromatic carbocycles. The third kappa shape index (κ3) is 3.62. The first-order valence-electron chi connectivity index (χ1n) is 7.37. The minimum absolute atomic E-state index is 0.129. The molecule has 1 rings (SSSR count). The number of carboxylic acids is 1. The van der Waals surface area contributed by atoms with Crippen molar-refractivity contribution in [2.45, 2.75) is 58.0 Å². The summed E-state index contributed by atoms with van der Waals surface area (Å²) in [5.74, 6) is -0.899. The fourth-order valence-corrected chi connectivity index (χ4v) is 2.80. The quantitative estimate of drug-likeness (QED) is 0.748. The molecule has 1 aliphatic rings. The third-order valence-electron chi connectivity index (χ3n) is 3.74. The average Bonchev–Trinajstić information content (AvgIpc) is 2.82. The zero-order chi connectivity index (χ0) is 15.2. The first-order chi connectivity index (χ1) is 9.47. The van der Waals surface area contributed by atoms with Crippen molar-refractivity contribution in [2.75, 3.05) is 19.8 Å². The number of nitrogens with zero attached hydrogens (tertiary/aromatic N) is 1. The van der Waals surface area contributed by atoms with Gasteiger partial charge in [0.15, 0.2) is 0 Å². The summed E-state index contributed by atoms with van der Waals surface area (Å²) >= 11 is 0. The predicted molar refractivity (Wildman–Crippen MR) is 75.7 cm³/mol. The van der Waals surface area contributed by atoms with Crippen LogP contribution in [0.1, 0.15) is 46.5 Å². The molecule has 2 atom stereocenters. The van der Waals surface area contributed by atoms with Gasteiger partial charge < -0.3 is 20.1 Å². The van der Waals surface area contributed by atoms with Gasteiger partial charge in [0.05, 0.1) is 12.6 Å². The van der Waals surface area contributed by atoms with Gasteiger partial charge in [-0.1, -0.05) is 13.3 Å². The lowest BCUT2D eigenvalue weighted by Crippen LogP contribution is -2.57. The van der Waals surface area contributed by atoms with Crippen LogP contribution < -0.4 is 5.32 Å². The van der Waals surface area contributed by atoms with Crippen molar-refractivity contribution in [1.29, 1.82) is 0 Å². The molecule has 1 aliphatic heterocycles. The standard InChI is InChI=1S/C14H26N2O4/c1-4-7-14(12(17)18)8-6-9-16(14)13(19)15-11(3)10-20-5-2/h11H,4-10H2,1-3H3,(H,15,19)(H,17,18). The van der Waals surface area contributed by atoms with Crippen molar-refractivity contribution >= 4 is 12.0 Å². The fraction of sp³-hybridized carbons (Fsp3) is 0.857. The van der Waals surface area contributed by atoms with Crippen LogP contribution in [-0.2, 0) is 9.53 Å². The van der Waals surface area contributed by atoms with E-state index in [0.29, 0.717) is 32.6 Å². The number of aliphatic carboxylic acids is 1. The van der Waals surface area contributed by atoms with Gasteiger partial charge in [-0.15, -0.1) is 0 Å². The second-order valence-corrected chi connectivity index (χ2v) is 5.35. The summed E-state index contributed by atoms with van der Waals surface area (Å²) in [5.41, 5.74) is -1.04. The van der Waals surface area contributed by atoms with Crippen LogP contribution in [0.5, 0.6) is 0 Å². The number of nitrogens with one attached hydrogen (secondary N) is 1. The lowest BCUT2D eigenvalue weighted by Gasteiger charge is -2.35. The van der Waals surface area contributed by atoms with E-state index in [0.717, 1.165) is 12.8 Å². The molecule has 0 aromatic heterocycles. The first kappa shape index (κ1) is 16.8. The van der Waals surface area contributed by atoms with Gasteiger partial charge in [0.2, 0.25) is 0 Å². The van der Waals surface area contributed by atoms with E-state index in [1.54, 1.807) is 0 Å². The number of amides is 2. The van der Waals surface area contributed by atoms with Crippen molar-refractivity contribution in [2.24, 2.45) is 0 Å². The van der Waals surface area contributed by atoms with E-state index >= 15 is 0 Å². The molecule has 0 spiro atoms. The molecule has 0 bridgehead atoms. The Morgan fingerprint density at radius 2 is 2.15 bits per heavy atom. The number of hydrogen-bond acceptors (Lipinski definition) is 3. The molecular weight excluding hydrogens is 260 g/mol. The van der Waals surface area contributed by atoms with E-state index in [1.165, 1.54) is 4.90 Å². The van der Waals surface area contributed by atoms with Crippen LogP contribution in [0.2, 0.25) is 0 Å². The van der Waals surface area contributed by atoms with Gasteiger partial charge in [0, 0.05) is 13.2 Å². The van der Waals surface area contributed by atoms with Gasteiger partial charge in [-0.2, -0.15) is 0 Å². The maximum atomic E-state index is 12.3. The second kappa shape index (κ2) is 7.47. The third-order valence-corrected chi connectivity index (χ3v) is 3.74. The SMILES string of the molecule is CCCC1(C(=O)O)CCCN1C(=O)NC(C)COCC. The first-order valence-corrected chi connectivity index (χ1v) is 7.37. The van der Waals surface area contributed by atoms with E-state index in [9.17, 15) is 14.7 Å². The zero-order valence-electron chi connectivity index (χ0n) is 12.6. The summed E-state index contributed by atoms with van der Waals surface area (Å²) in [6.45, 7) is 7.22. The van der Waals surface area contributed by atoms with E-state index in [1.807, 2.05) is 20.8 Å². The van der Waals surface area contributed by atoms with Crippen molar-refractivity contribution in [3.8, 4) is 0 Å². The number of ether oxygens (including phenoxy) is 1. The van der Waals surface area contributed by atoms with Gasteiger partial charge in [0.1, 0.15) is 5.54 Å². The normalized spacial score (nSPS) is 23.6. The Morgan fingerprint density at radius 1 is 1.45 bits per heavy atom. The molecule has 0 radical (unpaired) electrons. The number of carboxylic acid groups (broad SMARTS) is 1. The average molecular weight is 286 g/mol. The van der Waals surface area contributed by atoms with E-state index in [4.69, 9.17) is 4.74 Å². The summed E-state index contributed by atoms with van der Waals surface area (Å²) in [6, 6.07) is -0.429. The summed E-state index contributed by atoms with van der Waals surface area (Å²) in [5, 5.41) is 12.4. The predicted octanol–water partition coefficient (Wildman–Crippen LogP) is 1.84. The Kier molecular flexibility index (Phi) is 6.26. The van der Waals surface area contributed by atoms with Gasteiger partial charge >= 0.3 is 12.0 Å². The number of hydrogen-bond donors (Lipinski definition) is 2. The van der Waals surface area contributed by atoms with Crippen LogP contribution >= 0.6 is 0 Å². The Morgan fingerprint density at radius 3 is 2.70 bits per heavy atom. The van der Waals surface area contributed by atoms with Gasteiger partial charge in [-0.25, -0.2) is 9.59 Å². The molecule has 0 aliphatic carbocycles. The highest BCUT2D eigenvalue weighted by Gasteiger charge is 2.49. The lowest BCUT2D eigenvalue weighted by atomic mass is 9.91. The zero-order valence-corrected chi connectivity index (χ0v) is 12.6. The highest BCUT2D eigenvalue weighted by atomic mass is 16.5. The molecule has 1 fully saturated rings. The molecule has 6 heteroatoms. The maximum absolute atomic E-state index is 12.3. The van der Waals surface area contributed by atoms with Crippen LogP contribution in [-0.4, -0.2) is 53.3 Å². The topological polar surface area (TPSA) is 78.9 Å². The van der Waals surface area contributed by atoms with Gasteiger partial charge in [0.25, 0.3) is 0 Å². The lowest BCUT2D eigenvalue weighted by molar-refractivity contribution is -0.148. The molecule has 1 saturated heterocycles. The van der Waals surface area contributed by atoms with Crippen molar-refractivity contribution in [3.05, 3.63) is 0 Å². The smallest absolute Gasteiger partial charge is 0.329 e. The van der Waals surface area contributed by atoms with Crippen LogP contribution in [0.15, 0.2) is 0 Å². The number of carbonyl (C=O) groups excluding carboxylic acids is 1. The number of rotatable bonds is 7.